The first kappa shape index (κ1) is 21.8. The molecule has 2 aromatic carbocycles. The van der Waals surface area contributed by atoms with Gasteiger partial charge < -0.3 is 5.32 Å². The second kappa shape index (κ2) is 8.23. The van der Waals surface area contributed by atoms with Crippen molar-refractivity contribution in [3.8, 4) is 0 Å². The van der Waals surface area contributed by atoms with Crippen molar-refractivity contribution < 1.29 is 27.2 Å². The summed E-state index contributed by atoms with van der Waals surface area (Å²) in [5, 5.41) is 3.37. The lowest BCUT2D eigenvalue weighted by atomic mass is 9.82. The van der Waals surface area contributed by atoms with Gasteiger partial charge in [-0.15, -0.1) is 0 Å². The summed E-state index contributed by atoms with van der Waals surface area (Å²) in [5.41, 5.74) is 1.15. The molecule has 32 heavy (non-hydrogen) atoms. The normalized spacial score (nSPS) is 17.8. The van der Waals surface area contributed by atoms with Gasteiger partial charge in [-0.1, -0.05) is 31.4 Å². The van der Waals surface area contributed by atoms with E-state index < -0.39 is 39.2 Å². The molecule has 1 saturated carbocycles. The van der Waals surface area contributed by atoms with Gasteiger partial charge in [0.15, 0.2) is 0 Å². The SMILES string of the molecule is O=C(NN1C(=O)NC2(CCCCC2)C1=O)c1ccc(S(=O)(=O)Nc2ccccc2F)cc1. The number of anilines is 1. The van der Waals surface area contributed by atoms with Crippen LogP contribution in [0.4, 0.5) is 14.9 Å². The van der Waals surface area contributed by atoms with Crippen LogP contribution in [0.1, 0.15) is 42.5 Å². The van der Waals surface area contributed by atoms with E-state index in [-0.39, 0.29) is 16.1 Å². The van der Waals surface area contributed by atoms with Gasteiger partial charge >= 0.3 is 6.03 Å². The van der Waals surface area contributed by atoms with Crippen LogP contribution in [0.5, 0.6) is 0 Å². The molecule has 11 heteroatoms. The zero-order valence-corrected chi connectivity index (χ0v) is 17.7. The lowest BCUT2D eigenvalue weighted by molar-refractivity contribution is -0.134. The van der Waals surface area contributed by atoms with E-state index in [0.717, 1.165) is 25.3 Å². The molecule has 0 aromatic heterocycles. The Morgan fingerprint density at radius 1 is 1.00 bits per heavy atom. The zero-order valence-electron chi connectivity index (χ0n) is 16.9. The molecule has 3 N–H and O–H groups in total. The first-order chi connectivity index (χ1) is 15.2. The minimum absolute atomic E-state index is 0.0417. The minimum Gasteiger partial charge on any atom is -0.322 e. The van der Waals surface area contributed by atoms with Gasteiger partial charge in [0.2, 0.25) is 0 Å². The number of halogens is 1. The maximum atomic E-state index is 13.8. The summed E-state index contributed by atoms with van der Waals surface area (Å²) in [6.07, 6.45) is 3.64. The Hall–Kier alpha value is -3.47. The van der Waals surface area contributed by atoms with E-state index in [0.29, 0.717) is 17.9 Å². The van der Waals surface area contributed by atoms with Crippen molar-refractivity contribution in [2.75, 3.05) is 4.72 Å². The molecule has 4 amide bonds. The Morgan fingerprint density at radius 3 is 2.31 bits per heavy atom. The largest absolute Gasteiger partial charge is 0.344 e. The van der Waals surface area contributed by atoms with Gasteiger partial charge in [0.25, 0.3) is 21.8 Å². The molecule has 2 fully saturated rings. The molecule has 1 aliphatic carbocycles. The second-order valence-electron chi connectivity index (χ2n) is 7.76. The Balaban J connectivity index is 1.46. The zero-order chi connectivity index (χ0) is 22.9. The smallest absolute Gasteiger partial charge is 0.322 e. The fourth-order valence-corrected chi connectivity index (χ4v) is 4.98. The van der Waals surface area contributed by atoms with E-state index in [1.807, 2.05) is 0 Å². The predicted octanol–water partition coefficient (Wildman–Crippen LogP) is 2.53. The number of hydrogen-bond donors (Lipinski definition) is 3. The predicted molar refractivity (Wildman–Crippen MR) is 112 cm³/mol. The number of para-hydroxylation sites is 1. The Morgan fingerprint density at radius 2 is 1.66 bits per heavy atom. The summed E-state index contributed by atoms with van der Waals surface area (Å²) < 4.78 is 40.9. The highest BCUT2D eigenvalue weighted by Gasteiger charge is 2.52. The van der Waals surface area contributed by atoms with Crippen LogP contribution in [-0.2, 0) is 14.8 Å². The van der Waals surface area contributed by atoms with Gasteiger partial charge in [0.1, 0.15) is 11.4 Å². The maximum absolute atomic E-state index is 13.8. The standard InChI is InChI=1S/C21H21FN4O5S/c22-16-6-2-3-7-17(16)25-32(30,31)15-10-8-14(9-11-15)18(27)24-26-19(28)21(23-20(26)29)12-4-1-5-13-21/h2-3,6-11,25H,1,4-5,12-13H2,(H,23,29)(H,24,27). The molecule has 0 radical (unpaired) electrons. The van der Waals surface area contributed by atoms with Gasteiger partial charge in [0, 0.05) is 5.56 Å². The average Bonchev–Trinajstić information content (AvgIpc) is 2.99. The van der Waals surface area contributed by atoms with Crippen LogP contribution in [0.15, 0.2) is 53.4 Å². The molecule has 168 valence electrons. The van der Waals surface area contributed by atoms with Crippen LogP contribution < -0.4 is 15.5 Å². The highest BCUT2D eigenvalue weighted by atomic mass is 32.2. The Bertz CT molecular complexity index is 1180. The van der Waals surface area contributed by atoms with E-state index in [1.165, 1.54) is 42.5 Å². The first-order valence-electron chi connectivity index (χ1n) is 10.1. The lowest BCUT2D eigenvalue weighted by Crippen LogP contribution is -2.50. The minimum atomic E-state index is -4.09. The van der Waals surface area contributed by atoms with Crippen molar-refractivity contribution in [3.63, 3.8) is 0 Å². The van der Waals surface area contributed by atoms with Gasteiger partial charge in [-0.25, -0.2) is 17.6 Å². The first-order valence-corrected chi connectivity index (χ1v) is 11.6. The van der Waals surface area contributed by atoms with Gasteiger partial charge in [-0.2, -0.15) is 5.01 Å². The molecule has 1 heterocycles. The van der Waals surface area contributed by atoms with Crippen LogP contribution in [0.2, 0.25) is 0 Å². The fourth-order valence-electron chi connectivity index (χ4n) is 3.92. The van der Waals surface area contributed by atoms with Gasteiger partial charge in [-0.05, 0) is 49.2 Å². The molecule has 0 atom stereocenters. The van der Waals surface area contributed by atoms with Crippen LogP contribution >= 0.6 is 0 Å². The number of rotatable bonds is 5. The number of carbonyl (C=O) groups excluding carboxylic acids is 3. The van der Waals surface area contributed by atoms with Crippen molar-refractivity contribution in [2.45, 2.75) is 42.5 Å². The van der Waals surface area contributed by atoms with Crippen molar-refractivity contribution >= 4 is 33.6 Å². The summed E-state index contributed by atoms with van der Waals surface area (Å²) in [7, 11) is -4.09. The number of imide groups is 1. The number of hydrogen-bond acceptors (Lipinski definition) is 5. The van der Waals surface area contributed by atoms with E-state index in [2.05, 4.69) is 15.5 Å². The number of sulfonamides is 1. The Kier molecular flexibility index (Phi) is 5.59. The summed E-state index contributed by atoms with van der Waals surface area (Å²) in [6, 6.07) is 9.45. The molecule has 0 bridgehead atoms. The summed E-state index contributed by atoms with van der Waals surface area (Å²) in [5.74, 6) is -1.97. The molecule has 4 rings (SSSR count). The highest BCUT2D eigenvalue weighted by molar-refractivity contribution is 7.92. The third-order valence-electron chi connectivity index (χ3n) is 5.63. The van der Waals surface area contributed by atoms with Crippen molar-refractivity contribution in [3.05, 3.63) is 59.9 Å². The number of nitrogens with zero attached hydrogens (tertiary/aromatic N) is 1. The van der Waals surface area contributed by atoms with E-state index in [9.17, 15) is 27.2 Å². The van der Waals surface area contributed by atoms with Crippen molar-refractivity contribution in [1.29, 1.82) is 0 Å². The van der Waals surface area contributed by atoms with Crippen LogP contribution in [0, 0.1) is 5.82 Å². The number of carbonyl (C=O) groups is 3. The molecular weight excluding hydrogens is 439 g/mol. The quantitative estimate of drug-likeness (QED) is 0.592. The molecule has 1 spiro atoms. The molecule has 0 unspecified atom stereocenters. The number of amides is 4. The van der Waals surface area contributed by atoms with Crippen molar-refractivity contribution in [1.82, 2.24) is 15.8 Å². The third kappa shape index (κ3) is 4.03. The molecule has 1 aliphatic heterocycles. The molecule has 9 nitrogen and oxygen atoms in total. The number of hydrazine groups is 1. The molecule has 2 aliphatic rings. The summed E-state index contributed by atoms with van der Waals surface area (Å²) >= 11 is 0. The summed E-state index contributed by atoms with van der Waals surface area (Å²) in [4.78, 5) is 37.4. The van der Waals surface area contributed by atoms with E-state index >= 15 is 0 Å². The van der Waals surface area contributed by atoms with Gasteiger partial charge in [0.05, 0.1) is 10.6 Å². The highest BCUT2D eigenvalue weighted by Crippen LogP contribution is 2.33. The molecule has 2 aromatic rings. The summed E-state index contributed by atoms with van der Waals surface area (Å²) in [6.45, 7) is 0. The molecule has 1 saturated heterocycles. The average molecular weight is 460 g/mol. The Labute approximate surface area is 184 Å². The topological polar surface area (TPSA) is 125 Å². The second-order valence-corrected chi connectivity index (χ2v) is 9.45. The van der Waals surface area contributed by atoms with E-state index in [1.54, 1.807) is 0 Å². The van der Waals surface area contributed by atoms with Crippen LogP contribution in [0.25, 0.3) is 0 Å². The van der Waals surface area contributed by atoms with E-state index in [4.69, 9.17) is 0 Å². The van der Waals surface area contributed by atoms with Gasteiger partial charge in [-0.3, -0.25) is 19.7 Å². The maximum Gasteiger partial charge on any atom is 0.344 e. The number of nitrogens with one attached hydrogen (secondary N) is 3. The number of urea groups is 1. The van der Waals surface area contributed by atoms with Crippen LogP contribution in [-0.4, -0.2) is 36.8 Å². The monoisotopic (exact) mass is 460 g/mol. The van der Waals surface area contributed by atoms with Crippen LogP contribution in [0.3, 0.4) is 0 Å². The number of benzene rings is 2. The third-order valence-corrected chi connectivity index (χ3v) is 7.01. The lowest BCUT2D eigenvalue weighted by Gasteiger charge is -2.30. The molecular formula is C21H21FN4O5S. The fraction of sp³-hybridized carbons (Fsp3) is 0.286. The van der Waals surface area contributed by atoms with Crippen molar-refractivity contribution in [2.24, 2.45) is 0 Å².